The van der Waals surface area contributed by atoms with Gasteiger partial charge in [-0.3, -0.25) is 9.59 Å². The molecule has 1 N–H and O–H groups in total. The van der Waals surface area contributed by atoms with Crippen LogP contribution in [0.1, 0.15) is 61.7 Å². The first-order chi connectivity index (χ1) is 11.2. The lowest BCUT2D eigenvalue weighted by atomic mass is 10.1. The van der Waals surface area contributed by atoms with Crippen molar-refractivity contribution < 1.29 is 9.59 Å². The molecule has 122 valence electrons. The van der Waals surface area contributed by atoms with Gasteiger partial charge in [0.05, 0.1) is 0 Å². The second-order valence-electron chi connectivity index (χ2n) is 7.23. The maximum absolute atomic E-state index is 13.0. The highest BCUT2D eigenvalue weighted by Gasteiger charge is 2.38. The third kappa shape index (κ3) is 3.26. The van der Waals surface area contributed by atoms with Crippen molar-refractivity contribution in [2.24, 2.45) is 5.92 Å². The van der Waals surface area contributed by atoms with Crippen molar-refractivity contribution in [3.8, 4) is 0 Å². The molecule has 0 radical (unpaired) electrons. The summed E-state index contributed by atoms with van der Waals surface area (Å²) in [5.74, 6) is 0.405. The number of carbonyl (C=O) groups is 2. The van der Waals surface area contributed by atoms with E-state index in [9.17, 15) is 9.59 Å². The zero-order valence-corrected chi connectivity index (χ0v) is 13.5. The fourth-order valence-electron chi connectivity index (χ4n) is 3.63. The Bertz CT molecular complexity index is 614. The van der Waals surface area contributed by atoms with E-state index in [1.54, 1.807) is 0 Å². The Hall–Kier alpha value is -1.84. The lowest BCUT2D eigenvalue weighted by Gasteiger charge is -2.29. The minimum atomic E-state index is 0.0874. The van der Waals surface area contributed by atoms with E-state index in [1.165, 1.54) is 12.8 Å². The molecule has 0 spiro atoms. The van der Waals surface area contributed by atoms with Crippen molar-refractivity contribution in [3.05, 3.63) is 29.8 Å². The lowest BCUT2D eigenvalue weighted by molar-refractivity contribution is -0.117. The Kier molecular flexibility index (Phi) is 3.83. The zero-order chi connectivity index (χ0) is 15.8. The highest BCUT2D eigenvalue weighted by atomic mass is 16.2. The van der Waals surface area contributed by atoms with Crippen LogP contribution in [0.5, 0.6) is 0 Å². The molecule has 4 rings (SSSR count). The van der Waals surface area contributed by atoms with Crippen LogP contribution < -0.4 is 5.32 Å². The van der Waals surface area contributed by atoms with E-state index in [2.05, 4.69) is 10.2 Å². The summed E-state index contributed by atoms with van der Waals surface area (Å²) in [6, 6.07) is 8.31. The highest BCUT2D eigenvalue weighted by molar-refractivity contribution is 5.98. The zero-order valence-electron chi connectivity index (χ0n) is 13.5. The van der Waals surface area contributed by atoms with Crippen LogP contribution in [-0.4, -0.2) is 28.8 Å². The fourth-order valence-corrected chi connectivity index (χ4v) is 3.63. The van der Waals surface area contributed by atoms with E-state index in [1.807, 2.05) is 24.3 Å². The van der Waals surface area contributed by atoms with E-state index in [-0.39, 0.29) is 17.7 Å². The van der Waals surface area contributed by atoms with Crippen LogP contribution in [0.15, 0.2) is 24.3 Å². The third-order valence-corrected chi connectivity index (χ3v) is 5.22. The number of nitrogens with zero attached hydrogens (tertiary/aromatic N) is 1. The number of carbonyl (C=O) groups excluding carboxylic acids is 2. The van der Waals surface area contributed by atoms with Gasteiger partial charge in [0.15, 0.2) is 0 Å². The van der Waals surface area contributed by atoms with Crippen LogP contribution in [0.2, 0.25) is 0 Å². The average molecular weight is 312 g/mol. The van der Waals surface area contributed by atoms with E-state index in [0.717, 1.165) is 44.2 Å². The van der Waals surface area contributed by atoms with Crippen LogP contribution in [0.4, 0.5) is 5.69 Å². The number of amides is 2. The molecule has 3 saturated carbocycles. The average Bonchev–Trinajstić information content (AvgIpc) is 3.47. The van der Waals surface area contributed by atoms with Gasteiger partial charge in [-0.2, -0.15) is 0 Å². The first-order valence-electron chi connectivity index (χ1n) is 8.96. The van der Waals surface area contributed by atoms with Crippen LogP contribution in [0.25, 0.3) is 0 Å². The van der Waals surface area contributed by atoms with E-state index >= 15 is 0 Å². The van der Waals surface area contributed by atoms with Gasteiger partial charge in [-0.25, -0.2) is 0 Å². The number of benzene rings is 1. The third-order valence-electron chi connectivity index (χ3n) is 5.22. The molecule has 2 amide bonds. The van der Waals surface area contributed by atoms with Gasteiger partial charge < -0.3 is 10.2 Å². The van der Waals surface area contributed by atoms with Crippen LogP contribution >= 0.6 is 0 Å². The minimum absolute atomic E-state index is 0.0874. The fraction of sp³-hybridized carbons (Fsp3) is 0.579. The van der Waals surface area contributed by atoms with Crippen molar-refractivity contribution in [1.82, 2.24) is 4.90 Å². The van der Waals surface area contributed by atoms with Crippen LogP contribution in [0, 0.1) is 5.92 Å². The van der Waals surface area contributed by atoms with Gasteiger partial charge in [-0.1, -0.05) is 18.9 Å². The smallest absolute Gasteiger partial charge is 0.254 e. The Balaban J connectivity index is 1.51. The van der Waals surface area contributed by atoms with E-state index < -0.39 is 0 Å². The molecule has 4 heteroatoms. The molecule has 0 atom stereocenters. The molecule has 0 bridgehead atoms. The summed E-state index contributed by atoms with van der Waals surface area (Å²) in [7, 11) is 0. The van der Waals surface area contributed by atoms with Crippen LogP contribution in [-0.2, 0) is 4.79 Å². The Morgan fingerprint density at radius 1 is 0.957 bits per heavy atom. The standard InChI is InChI=1S/C19H24N2O2/c22-18(13-8-9-13)20-15-5-3-4-14(12-15)19(23)21(17-10-11-17)16-6-1-2-7-16/h3-5,12-13,16-17H,1-2,6-11H2,(H,20,22). The molecule has 0 unspecified atom stereocenters. The van der Waals surface area contributed by atoms with Gasteiger partial charge in [0.1, 0.15) is 0 Å². The van der Waals surface area contributed by atoms with Crippen LogP contribution in [0.3, 0.4) is 0 Å². The number of hydrogen-bond acceptors (Lipinski definition) is 2. The molecule has 0 aromatic heterocycles. The Morgan fingerprint density at radius 2 is 1.65 bits per heavy atom. The number of hydrogen-bond donors (Lipinski definition) is 1. The summed E-state index contributed by atoms with van der Waals surface area (Å²) in [5.41, 5.74) is 1.45. The predicted octanol–water partition coefficient (Wildman–Crippen LogP) is 3.58. The van der Waals surface area contributed by atoms with Gasteiger partial charge >= 0.3 is 0 Å². The second-order valence-corrected chi connectivity index (χ2v) is 7.23. The van der Waals surface area contributed by atoms with Crippen molar-refractivity contribution in [1.29, 1.82) is 0 Å². The molecule has 3 fully saturated rings. The molecule has 0 saturated heterocycles. The highest BCUT2D eigenvalue weighted by Crippen LogP contribution is 2.36. The molecule has 3 aliphatic carbocycles. The topological polar surface area (TPSA) is 49.4 Å². The number of nitrogens with one attached hydrogen (secondary N) is 1. The molecule has 0 heterocycles. The monoisotopic (exact) mass is 312 g/mol. The molecule has 0 aliphatic heterocycles. The molecular weight excluding hydrogens is 288 g/mol. The van der Waals surface area contributed by atoms with E-state index in [4.69, 9.17) is 0 Å². The lowest BCUT2D eigenvalue weighted by Crippen LogP contribution is -2.40. The molecule has 1 aromatic carbocycles. The van der Waals surface area contributed by atoms with Gasteiger partial charge in [-0.05, 0) is 56.7 Å². The first-order valence-corrected chi connectivity index (χ1v) is 8.96. The largest absolute Gasteiger partial charge is 0.333 e. The Morgan fingerprint density at radius 3 is 2.30 bits per heavy atom. The SMILES string of the molecule is O=C(Nc1cccc(C(=O)N(C2CCCC2)C2CC2)c1)C1CC1. The van der Waals surface area contributed by atoms with Crippen molar-refractivity contribution in [2.75, 3.05) is 5.32 Å². The summed E-state index contributed by atoms with van der Waals surface area (Å²) in [4.78, 5) is 27.1. The number of rotatable bonds is 5. The molecule has 3 aliphatic rings. The maximum atomic E-state index is 13.0. The van der Waals surface area contributed by atoms with Crippen molar-refractivity contribution >= 4 is 17.5 Å². The van der Waals surface area contributed by atoms with Gasteiger partial charge in [-0.15, -0.1) is 0 Å². The summed E-state index contributed by atoms with van der Waals surface area (Å²) >= 11 is 0. The number of anilines is 1. The summed E-state index contributed by atoms with van der Waals surface area (Å²) in [6.45, 7) is 0. The second kappa shape index (κ2) is 5.99. The first kappa shape index (κ1) is 14.7. The molecule has 4 nitrogen and oxygen atoms in total. The summed E-state index contributed by atoms with van der Waals surface area (Å²) in [6.07, 6.45) is 9.00. The molecule has 1 aromatic rings. The molecule has 23 heavy (non-hydrogen) atoms. The minimum Gasteiger partial charge on any atom is -0.333 e. The summed E-state index contributed by atoms with van der Waals surface area (Å²) < 4.78 is 0. The maximum Gasteiger partial charge on any atom is 0.254 e. The van der Waals surface area contributed by atoms with Gasteiger partial charge in [0, 0.05) is 29.3 Å². The quantitative estimate of drug-likeness (QED) is 0.903. The van der Waals surface area contributed by atoms with Gasteiger partial charge in [0.25, 0.3) is 5.91 Å². The van der Waals surface area contributed by atoms with E-state index in [0.29, 0.717) is 17.6 Å². The normalized spacial score (nSPS) is 21.2. The van der Waals surface area contributed by atoms with Gasteiger partial charge in [0.2, 0.25) is 5.91 Å². The Labute approximate surface area is 137 Å². The molecular formula is C19H24N2O2. The predicted molar refractivity (Wildman–Crippen MR) is 89.2 cm³/mol. The summed E-state index contributed by atoms with van der Waals surface area (Å²) in [5, 5.41) is 2.94. The van der Waals surface area contributed by atoms with Crippen molar-refractivity contribution in [2.45, 2.75) is 63.5 Å². The van der Waals surface area contributed by atoms with Crippen molar-refractivity contribution in [3.63, 3.8) is 0 Å².